The van der Waals surface area contributed by atoms with E-state index >= 15 is 0 Å². The van der Waals surface area contributed by atoms with Crippen LogP contribution >= 0.6 is 0 Å². The van der Waals surface area contributed by atoms with Gasteiger partial charge in [-0.05, 0) is 0 Å². The minimum atomic E-state index is -1.33. The van der Waals surface area contributed by atoms with Crippen LogP contribution in [0.2, 0.25) is 0 Å². The Morgan fingerprint density at radius 3 is 3.19 bits per heavy atom. The Hall–Kier alpha value is -1.66. The number of rotatable bonds is 3. The Balaban J connectivity index is 2.06. The molecule has 0 aromatic heterocycles. The number of likely N-dealkylation sites (tertiary alicyclic amines) is 1. The molecule has 0 aliphatic carbocycles. The molecule has 2 aliphatic heterocycles. The summed E-state index contributed by atoms with van der Waals surface area (Å²) in [6.45, 7) is 1.13. The van der Waals surface area contributed by atoms with Crippen LogP contribution < -0.4 is 0 Å². The second-order valence-electron chi connectivity index (χ2n) is 4.10. The van der Waals surface area contributed by atoms with Gasteiger partial charge in [-0.3, -0.25) is 4.79 Å². The minimum absolute atomic E-state index is 0.0234. The zero-order valence-corrected chi connectivity index (χ0v) is 8.92. The van der Waals surface area contributed by atoms with Crippen molar-refractivity contribution < 1.29 is 19.4 Å². The second-order valence-corrected chi connectivity index (χ2v) is 4.10. The summed E-state index contributed by atoms with van der Waals surface area (Å²) in [5, 5.41) is 16.3. The van der Waals surface area contributed by atoms with Gasteiger partial charge in [-0.2, -0.15) is 10.2 Å². The molecule has 0 radical (unpaired) electrons. The van der Waals surface area contributed by atoms with E-state index in [1.807, 2.05) is 0 Å². The van der Waals surface area contributed by atoms with Crippen LogP contribution in [-0.2, 0) is 9.53 Å². The van der Waals surface area contributed by atoms with Gasteiger partial charge < -0.3 is 14.7 Å². The van der Waals surface area contributed by atoms with Crippen LogP contribution in [0.1, 0.15) is 6.42 Å². The van der Waals surface area contributed by atoms with Crippen LogP contribution in [0.5, 0.6) is 0 Å². The maximum absolute atomic E-state index is 12.0. The predicted octanol–water partition coefficient (Wildman–Crippen LogP) is 0.364. The lowest BCUT2D eigenvalue weighted by Gasteiger charge is -2.20. The first-order chi connectivity index (χ1) is 7.56. The van der Waals surface area contributed by atoms with E-state index in [4.69, 9.17) is 5.11 Å². The average molecular weight is 227 g/mol. The largest absolute Gasteiger partial charge is 0.505 e. The van der Waals surface area contributed by atoms with Gasteiger partial charge >= 0.3 is 6.16 Å². The zero-order valence-electron chi connectivity index (χ0n) is 8.92. The fraction of sp³-hybridized carbons (Fsp3) is 0.778. The molecule has 1 N–H and O–H groups in total. The molecule has 88 valence electrons. The van der Waals surface area contributed by atoms with Crippen molar-refractivity contribution >= 4 is 12.1 Å². The van der Waals surface area contributed by atoms with Crippen LogP contribution in [0.4, 0.5) is 4.79 Å². The van der Waals surface area contributed by atoms with Gasteiger partial charge in [0.25, 0.3) is 5.91 Å². The number of hydrogen-bond acceptors (Lipinski definition) is 5. The van der Waals surface area contributed by atoms with Crippen molar-refractivity contribution in [2.24, 2.45) is 16.1 Å². The van der Waals surface area contributed by atoms with Crippen LogP contribution in [0.3, 0.4) is 0 Å². The number of fused-ring (bicyclic) bond motifs is 1. The summed E-state index contributed by atoms with van der Waals surface area (Å²) in [7, 11) is 1.72. The number of likely N-dealkylation sites (N-methyl/N-ethyl adjacent to an activating group) is 1. The zero-order chi connectivity index (χ0) is 11.8. The number of amides is 1. The smallest absolute Gasteiger partial charge is 0.450 e. The third kappa shape index (κ3) is 1.52. The van der Waals surface area contributed by atoms with Gasteiger partial charge in [0, 0.05) is 25.9 Å². The molecular weight excluding hydrogens is 214 g/mol. The molecule has 7 heteroatoms. The molecule has 0 spiro atoms. The van der Waals surface area contributed by atoms with Gasteiger partial charge in [-0.25, -0.2) is 4.79 Å². The molecule has 0 aromatic rings. The van der Waals surface area contributed by atoms with Gasteiger partial charge in [-0.1, -0.05) is 0 Å². The maximum atomic E-state index is 12.0. The number of azo groups is 1. The molecule has 0 bridgehead atoms. The quantitative estimate of drug-likeness (QED) is 0.705. The molecule has 0 aromatic carbocycles. The van der Waals surface area contributed by atoms with Crippen LogP contribution in [-0.4, -0.2) is 54.4 Å². The molecule has 0 saturated carbocycles. The summed E-state index contributed by atoms with van der Waals surface area (Å²) in [4.78, 5) is 23.8. The Kier molecular flexibility index (Phi) is 2.53. The lowest BCUT2D eigenvalue weighted by Crippen LogP contribution is -2.40. The molecule has 2 aliphatic rings. The molecule has 2 atom stereocenters. The van der Waals surface area contributed by atoms with E-state index in [0.717, 1.165) is 0 Å². The maximum Gasteiger partial charge on any atom is 0.505 e. The highest BCUT2D eigenvalue weighted by atomic mass is 16.7. The van der Waals surface area contributed by atoms with E-state index in [2.05, 4.69) is 15.0 Å². The first-order valence-corrected chi connectivity index (χ1v) is 5.06. The summed E-state index contributed by atoms with van der Waals surface area (Å²) in [6.07, 6.45) is -1.06. The van der Waals surface area contributed by atoms with Crippen molar-refractivity contribution in [1.29, 1.82) is 0 Å². The molecule has 2 rings (SSSR count). The first kappa shape index (κ1) is 10.8. The fourth-order valence-corrected chi connectivity index (χ4v) is 2.32. The van der Waals surface area contributed by atoms with Crippen molar-refractivity contribution in [3.8, 4) is 0 Å². The normalized spacial score (nSPS) is 31.9. The monoisotopic (exact) mass is 227 g/mol. The Morgan fingerprint density at radius 1 is 1.75 bits per heavy atom. The summed E-state index contributed by atoms with van der Waals surface area (Å²) >= 11 is 0. The highest BCUT2D eigenvalue weighted by molar-refractivity contribution is 5.89. The van der Waals surface area contributed by atoms with Crippen LogP contribution in [0.25, 0.3) is 0 Å². The summed E-state index contributed by atoms with van der Waals surface area (Å²) in [5.41, 5.74) is -0.871. The average Bonchev–Trinajstić information content (AvgIpc) is 2.69. The van der Waals surface area contributed by atoms with Gasteiger partial charge in [-0.15, -0.1) is 0 Å². The van der Waals surface area contributed by atoms with Gasteiger partial charge in [0.15, 0.2) is 5.54 Å². The Bertz CT molecular complexity index is 357. The first-order valence-electron chi connectivity index (χ1n) is 5.06. The molecule has 1 amide bonds. The topological polar surface area (TPSA) is 91.6 Å². The molecule has 2 heterocycles. The highest BCUT2D eigenvalue weighted by Crippen LogP contribution is 2.39. The summed E-state index contributed by atoms with van der Waals surface area (Å²) < 4.78 is 4.43. The molecule has 1 fully saturated rings. The lowest BCUT2D eigenvalue weighted by molar-refractivity contribution is -0.131. The molecule has 7 nitrogen and oxygen atoms in total. The van der Waals surface area contributed by atoms with E-state index in [0.29, 0.717) is 13.1 Å². The lowest BCUT2D eigenvalue weighted by atomic mass is 9.86. The SMILES string of the molecule is CN1C[C@H]2CN=N[C@@]2(CCOC(=O)O)C1=O. The van der Waals surface area contributed by atoms with Crippen molar-refractivity contribution in [2.45, 2.75) is 12.0 Å². The van der Waals surface area contributed by atoms with E-state index in [1.165, 1.54) is 0 Å². The van der Waals surface area contributed by atoms with E-state index < -0.39 is 11.7 Å². The molecule has 1 saturated heterocycles. The second kappa shape index (κ2) is 3.73. The van der Waals surface area contributed by atoms with Gasteiger partial charge in [0.1, 0.15) is 0 Å². The number of hydrogen-bond donors (Lipinski definition) is 1. The molecular formula is C9H13N3O4. The summed E-state index contributed by atoms with van der Waals surface area (Å²) in [6, 6.07) is 0. The number of carbonyl (C=O) groups is 2. The molecule has 16 heavy (non-hydrogen) atoms. The predicted molar refractivity (Wildman–Crippen MR) is 52.2 cm³/mol. The van der Waals surface area contributed by atoms with Crippen molar-refractivity contribution in [1.82, 2.24) is 4.90 Å². The Morgan fingerprint density at radius 2 is 2.50 bits per heavy atom. The minimum Gasteiger partial charge on any atom is -0.450 e. The standard InChI is InChI=1S/C9H13N3O4/c1-12-5-6-4-10-11-9(6,7(12)13)2-3-16-8(14)15/h6H,2-5H2,1H3,(H,14,15)/t6-,9-/m1/s1. The fourth-order valence-electron chi connectivity index (χ4n) is 2.32. The van der Waals surface area contributed by atoms with Gasteiger partial charge in [0.05, 0.1) is 13.2 Å². The number of carboxylic acid groups (broad SMARTS) is 1. The van der Waals surface area contributed by atoms with Crippen molar-refractivity contribution in [2.75, 3.05) is 26.7 Å². The van der Waals surface area contributed by atoms with Crippen molar-refractivity contribution in [3.63, 3.8) is 0 Å². The van der Waals surface area contributed by atoms with Crippen molar-refractivity contribution in [3.05, 3.63) is 0 Å². The number of nitrogens with zero attached hydrogens (tertiary/aromatic N) is 3. The van der Waals surface area contributed by atoms with E-state index in [9.17, 15) is 9.59 Å². The van der Waals surface area contributed by atoms with E-state index in [1.54, 1.807) is 11.9 Å². The number of ether oxygens (including phenoxy) is 1. The third-order valence-electron chi connectivity index (χ3n) is 3.15. The number of carbonyl (C=O) groups excluding carboxylic acids is 1. The van der Waals surface area contributed by atoms with Crippen LogP contribution in [0.15, 0.2) is 10.2 Å². The van der Waals surface area contributed by atoms with E-state index in [-0.39, 0.29) is 24.9 Å². The summed E-state index contributed by atoms with van der Waals surface area (Å²) in [5.74, 6) is -0.0323. The van der Waals surface area contributed by atoms with Crippen LogP contribution in [0, 0.1) is 5.92 Å². The molecule has 0 unspecified atom stereocenters. The Labute approximate surface area is 92.1 Å². The highest BCUT2D eigenvalue weighted by Gasteiger charge is 2.55. The van der Waals surface area contributed by atoms with Gasteiger partial charge in [0.2, 0.25) is 0 Å². The third-order valence-corrected chi connectivity index (χ3v) is 3.15.